The Kier molecular flexibility index (Phi) is 4.62. The molecule has 1 heterocycles. The van der Waals surface area contributed by atoms with Crippen molar-refractivity contribution in [3.63, 3.8) is 0 Å². The molecule has 0 saturated carbocycles. The summed E-state index contributed by atoms with van der Waals surface area (Å²) in [4.78, 5) is 6.40. The first-order valence-corrected chi connectivity index (χ1v) is 5.90. The van der Waals surface area contributed by atoms with E-state index in [2.05, 4.69) is 4.98 Å². The van der Waals surface area contributed by atoms with Crippen molar-refractivity contribution in [2.24, 2.45) is 5.73 Å². The van der Waals surface area contributed by atoms with E-state index in [1.54, 1.807) is 20.0 Å². The lowest BCUT2D eigenvalue weighted by molar-refractivity contribution is 0.0271. The summed E-state index contributed by atoms with van der Waals surface area (Å²) in [6.07, 6.45) is 1.77. The van der Waals surface area contributed by atoms with Crippen LogP contribution in [0.25, 0.3) is 0 Å². The van der Waals surface area contributed by atoms with Crippen LogP contribution < -0.4 is 5.73 Å². The van der Waals surface area contributed by atoms with Crippen molar-refractivity contribution >= 4 is 0 Å². The number of nitrogens with zero attached hydrogens (tertiary/aromatic N) is 2. The first-order chi connectivity index (χ1) is 7.81. The molecule has 0 amide bonds. The van der Waals surface area contributed by atoms with Crippen LogP contribution in [0.5, 0.6) is 0 Å². The molecule has 2 atom stereocenters. The number of aliphatic hydroxyl groups is 1. The number of hydrogen-bond acceptors (Lipinski definition) is 4. The second-order valence-corrected chi connectivity index (χ2v) is 5.29. The second-order valence-electron chi connectivity index (χ2n) is 5.29. The highest BCUT2D eigenvalue weighted by Gasteiger charge is 2.26. The molecule has 1 rings (SSSR count). The highest BCUT2D eigenvalue weighted by atomic mass is 16.3. The molecule has 1 aromatic heterocycles. The Morgan fingerprint density at radius 3 is 2.53 bits per heavy atom. The van der Waals surface area contributed by atoms with Crippen LogP contribution in [-0.4, -0.2) is 40.2 Å². The molecule has 1 aromatic rings. The minimum Gasteiger partial charge on any atom is -0.389 e. The van der Waals surface area contributed by atoms with Gasteiger partial charge in [-0.25, -0.2) is 0 Å². The van der Waals surface area contributed by atoms with Crippen LogP contribution in [0.1, 0.15) is 32.5 Å². The summed E-state index contributed by atoms with van der Waals surface area (Å²) in [5, 5.41) is 9.86. The van der Waals surface area contributed by atoms with Crippen LogP contribution in [0.2, 0.25) is 0 Å². The van der Waals surface area contributed by atoms with E-state index in [0.717, 1.165) is 5.69 Å². The van der Waals surface area contributed by atoms with E-state index in [1.165, 1.54) is 0 Å². The van der Waals surface area contributed by atoms with Gasteiger partial charge < -0.3 is 10.8 Å². The largest absolute Gasteiger partial charge is 0.389 e. The summed E-state index contributed by atoms with van der Waals surface area (Å²) in [6.45, 7) is 6.09. The van der Waals surface area contributed by atoms with Gasteiger partial charge in [-0.15, -0.1) is 0 Å². The van der Waals surface area contributed by atoms with Gasteiger partial charge in [-0.05, 0) is 40.0 Å². The van der Waals surface area contributed by atoms with Gasteiger partial charge in [-0.2, -0.15) is 0 Å². The Bertz CT molecular complexity index is 332. The molecule has 0 aliphatic heterocycles. The average Bonchev–Trinajstić information content (AvgIpc) is 2.15. The molecule has 96 valence electrons. The van der Waals surface area contributed by atoms with Gasteiger partial charge in [0.25, 0.3) is 0 Å². The minimum atomic E-state index is -0.739. The second kappa shape index (κ2) is 5.58. The van der Waals surface area contributed by atoms with Crippen molar-refractivity contribution in [3.8, 4) is 0 Å². The Morgan fingerprint density at radius 2 is 2.12 bits per heavy atom. The van der Waals surface area contributed by atoms with Crippen LogP contribution in [0.4, 0.5) is 0 Å². The van der Waals surface area contributed by atoms with Crippen molar-refractivity contribution in [2.75, 3.05) is 13.6 Å². The molecule has 0 aliphatic carbocycles. The van der Waals surface area contributed by atoms with Crippen molar-refractivity contribution in [3.05, 3.63) is 30.1 Å². The number of pyridine rings is 1. The number of aromatic nitrogens is 1. The van der Waals surface area contributed by atoms with E-state index in [-0.39, 0.29) is 12.1 Å². The lowest BCUT2D eigenvalue weighted by atomic mass is 10.0. The van der Waals surface area contributed by atoms with Crippen LogP contribution in [0, 0.1) is 0 Å². The first kappa shape index (κ1) is 14.1. The van der Waals surface area contributed by atoms with E-state index in [1.807, 2.05) is 37.1 Å². The zero-order valence-electron chi connectivity index (χ0n) is 11.1. The van der Waals surface area contributed by atoms with Crippen molar-refractivity contribution in [2.45, 2.75) is 38.5 Å². The molecular formula is C13H23N3O. The van der Waals surface area contributed by atoms with Gasteiger partial charge in [0.15, 0.2) is 0 Å². The third-order valence-electron chi connectivity index (χ3n) is 2.60. The number of nitrogens with two attached hydrogens (primary N) is 1. The van der Waals surface area contributed by atoms with Gasteiger partial charge in [0, 0.05) is 18.8 Å². The molecule has 0 aliphatic rings. The van der Waals surface area contributed by atoms with Gasteiger partial charge in [-0.1, -0.05) is 6.07 Å². The highest BCUT2D eigenvalue weighted by Crippen LogP contribution is 2.21. The van der Waals surface area contributed by atoms with Crippen molar-refractivity contribution < 1.29 is 5.11 Å². The molecule has 0 bridgehead atoms. The summed E-state index contributed by atoms with van der Waals surface area (Å²) in [7, 11) is 1.96. The molecule has 0 radical (unpaired) electrons. The molecule has 3 N–H and O–H groups in total. The van der Waals surface area contributed by atoms with Crippen LogP contribution in [0.3, 0.4) is 0 Å². The predicted molar refractivity (Wildman–Crippen MR) is 69.6 cm³/mol. The SMILES string of the molecule is CC(N)C(c1ccccn1)N(C)CC(C)(C)O. The summed E-state index contributed by atoms with van der Waals surface area (Å²) in [6, 6.07) is 5.78. The Morgan fingerprint density at radius 1 is 1.47 bits per heavy atom. The summed E-state index contributed by atoms with van der Waals surface area (Å²) in [5.74, 6) is 0. The fourth-order valence-corrected chi connectivity index (χ4v) is 2.16. The van der Waals surface area contributed by atoms with Crippen LogP contribution in [0.15, 0.2) is 24.4 Å². The molecule has 4 heteroatoms. The lowest BCUT2D eigenvalue weighted by Gasteiger charge is -2.34. The Hall–Kier alpha value is -0.970. The van der Waals surface area contributed by atoms with E-state index < -0.39 is 5.60 Å². The zero-order chi connectivity index (χ0) is 13.1. The monoisotopic (exact) mass is 237 g/mol. The van der Waals surface area contributed by atoms with Crippen LogP contribution in [-0.2, 0) is 0 Å². The minimum absolute atomic E-state index is 0.0163. The molecular weight excluding hydrogens is 214 g/mol. The molecule has 4 nitrogen and oxygen atoms in total. The molecule has 0 fully saturated rings. The fourth-order valence-electron chi connectivity index (χ4n) is 2.16. The van der Waals surface area contributed by atoms with E-state index in [4.69, 9.17) is 5.73 Å². The molecule has 0 spiro atoms. The summed E-state index contributed by atoms with van der Waals surface area (Å²) in [5.41, 5.74) is 6.22. The van der Waals surface area contributed by atoms with Gasteiger partial charge in [0.05, 0.1) is 17.3 Å². The third kappa shape index (κ3) is 4.42. The van der Waals surface area contributed by atoms with Crippen LogP contribution >= 0.6 is 0 Å². The van der Waals surface area contributed by atoms with E-state index >= 15 is 0 Å². The predicted octanol–water partition coefficient (Wildman–Crippen LogP) is 1.17. The number of likely N-dealkylation sites (N-methyl/N-ethyl adjacent to an activating group) is 1. The molecule has 0 aromatic carbocycles. The first-order valence-electron chi connectivity index (χ1n) is 5.90. The highest BCUT2D eigenvalue weighted by molar-refractivity contribution is 5.11. The van der Waals surface area contributed by atoms with Gasteiger partial charge in [0.1, 0.15) is 0 Å². The normalized spacial score (nSPS) is 15.9. The van der Waals surface area contributed by atoms with Gasteiger partial charge in [0.2, 0.25) is 0 Å². The number of hydrogen-bond donors (Lipinski definition) is 2. The molecule has 17 heavy (non-hydrogen) atoms. The topological polar surface area (TPSA) is 62.4 Å². The Balaban J connectivity index is 2.87. The lowest BCUT2D eigenvalue weighted by Crippen LogP contribution is -2.44. The van der Waals surface area contributed by atoms with E-state index in [0.29, 0.717) is 6.54 Å². The summed E-state index contributed by atoms with van der Waals surface area (Å²) < 4.78 is 0. The Labute approximate surface area is 103 Å². The smallest absolute Gasteiger partial charge is 0.0718 e. The van der Waals surface area contributed by atoms with E-state index in [9.17, 15) is 5.11 Å². The fraction of sp³-hybridized carbons (Fsp3) is 0.615. The summed E-state index contributed by atoms with van der Waals surface area (Å²) >= 11 is 0. The van der Waals surface area contributed by atoms with Gasteiger partial charge >= 0.3 is 0 Å². The standard InChI is InChI=1S/C13H23N3O/c1-10(14)12(11-7-5-6-8-15-11)16(4)9-13(2,3)17/h5-8,10,12,17H,9,14H2,1-4H3. The number of rotatable bonds is 5. The quantitative estimate of drug-likeness (QED) is 0.807. The zero-order valence-corrected chi connectivity index (χ0v) is 11.1. The maximum atomic E-state index is 9.86. The maximum absolute atomic E-state index is 9.86. The molecule has 2 unspecified atom stereocenters. The van der Waals surface area contributed by atoms with Crippen molar-refractivity contribution in [1.82, 2.24) is 9.88 Å². The van der Waals surface area contributed by atoms with Gasteiger partial charge in [-0.3, -0.25) is 9.88 Å². The average molecular weight is 237 g/mol. The molecule has 0 saturated heterocycles. The maximum Gasteiger partial charge on any atom is 0.0718 e. The third-order valence-corrected chi connectivity index (χ3v) is 2.60. The van der Waals surface area contributed by atoms with Crippen molar-refractivity contribution in [1.29, 1.82) is 0 Å².